The normalized spacial score (nSPS) is 26.4. The van der Waals surface area contributed by atoms with Crippen molar-refractivity contribution in [2.24, 2.45) is 5.41 Å². The highest BCUT2D eigenvalue weighted by molar-refractivity contribution is 5.94. The molecule has 22 heavy (non-hydrogen) atoms. The quantitative estimate of drug-likeness (QED) is 0.930. The topological polar surface area (TPSA) is 56.1 Å². The van der Waals surface area contributed by atoms with Gasteiger partial charge in [0.15, 0.2) is 0 Å². The van der Waals surface area contributed by atoms with Gasteiger partial charge in [0.25, 0.3) is 5.91 Å². The van der Waals surface area contributed by atoms with E-state index in [4.69, 9.17) is 4.74 Å². The Balaban J connectivity index is 1.64. The Kier molecular flexibility index (Phi) is 3.79. The molecule has 1 heterocycles. The molecule has 0 aromatic carbocycles. The number of nitrogens with one attached hydrogen (secondary N) is 1. The van der Waals surface area contributed by atoms with E-state index in [2.05, 4.69) is 31.2 Å². The van der Waals surface area contributed by atoms with Crippen molar-refractivity contribution in [1.82, 2.24) is 15.1 Å². The van der Waals surface area contributed by atoms with Crippen molar-refractivity contribution in [2.75, 3.05) is 6.61 Å². The summed E-state index contributed by atoms with van der Waals surface area (Å²) in [5.41, 5.74) is 0.736. The van der Waals surface area contributed by atoms with Crippen LogP contribution in [0.1, 0.15) is 63.7 Å². The monoisotopic (exact) mass is 305 g/mol. The van der Waals surface area contributed by atoms with Crippen LogP contribution in [0.3, 0.4) is 0 Å². The number of aromatic nitrogens is 2. The Morgan fingerprint density at radius 3 is 2.73 bits per heavy atom. The van der Waals surface area contributed by atoms with Crippen molar-refractivity contribution in [3.05, 3.63) is 18.0 Å². The van der Waals surface area contributed by atoms with Gasteiger partial charge in [-0.2, -0.15) is 5.10 Å². The lowest BCUT2D eigenvalue weighted by Crippen LogP contribution is -2.67. The van der Waals surface area contributed by atoms with Gasteiger partial charge in [-0.3, -0.25) is 9.48 Å². The third-order valence-corrected chi connectivity index (χ3v) is 5.27. The molecule has 2 saturated carbocycles. The van der Waals surface area contributed by atoms with E-state index < -0.39 is 0 Å². The average Bonchev–Trinajstić information content (AvgIpc) is 2.84. The first-order valence-corrected chi connectivity index (χ1v) is 8.34. The Labute approximate surface area is 132 Å². The molecule has 0 aliphatic heterocycles. The van der Waals surface area contributed by atoms with E-state index >= 15 is 0 Å². The van der Waals surface area contributed by atoms with Crippen LogP contribution in [0.15, 0.2) is 12.4 Å². The highest BCUT2D eigenvalue weighted by atomic mass is 16.5. The van der Waals surface area contributed by atoms with Crippen molar-refractivity contribution < 1.29 is 9.53 Å². The fourth-order valence-corrected chi connectivity index (χ4v) is 3.69. The van der Waals surface area contributed by atoms with Crippen LogP contribution in [-0.4, -0.2) is 34.4 Å². The maximum Gasteiger partial charge on any atom is 0.254 e. The first-order chi connectivity index (χ1) is 10.4. The minimum atomic E-state index is -0.107. The second-order valence-corrected chi connectivity index (χ2v) is 7.64. The number of carbonyl (C=O) groups excluding carboxylic acids is 1. The molecule has 0 saturated heterocycles. The zero-order chi connectivity index (χ0) is 16.0. The number of amides is 1. The maximum atomic E-state index is 12.5. The van der Waals surface area contributed by atoms with Gasteiger partial charge in [-0.1, -0.05) is 6.42 Å². The summed E-state index contributed by atoms with van der Waals surface area (Å²) in [5.74, 6) is -0.0123. The molecule has 1 N–H and O–H groups in total. The second-order valence-electron chi connectivity index (χ2n) is 7.64. The lowest BCUT2D eigenvalue weighted by Gasteiger charge is -2.60. The molecule has 0 bridgehead atoms. The van der Waals surface area contributed by atoms with E-state index in [1.54, 1.807) is 6.20 Å². The van der Waals surface area contributed by atoms with Gasteiger partial charge in [-0.05, 0) is 47.0 Å². The highest BCUT2D eigenvalue weighted by Crippen LogP contribution is 2.57. The summed E-state index contributed by atoms with van der Waals surface area (Å²) < 4.78 is 7.67. The molecule has 2 atom stereocenters. The molecule has 1 amide bonds. The third kappa shape index (κ3) is 2.45. The Morgan fingerprint density at radius 2 is 2.23 bits per heavy atom. The van der Waals surface area contributed by atoms with Gasteiger partial charge in [0.2, 0.25) is 0 Å². The molecule has 2 aliphatic rings. The van der Waals surface area contributed by atoms with Crippen LogP contribution in [0, 0.1) is 5.41 Å². The Morgan fingerprint density at radius 1 is 1.50 bits per heavy atom. The van der Waals surface area contributed by atoms with Crippen LogP contribution >= 0.6 is 0 Å². The zero-order valence-corrected chi connectivity index (χ0v) is 14.1. The summed E-state index contributed by atoms with van der Waals surface area (Å²) in [6.45, 7) is 9.02. The summed E-state index contributed by atoms with van der Waals surface area (Å²) in [5, 5.41) is 7.51. The molecular weight excluding hydrogens is 278 g/mol. The summed E-state index contributed by atoms with van der Waals surface area (Å²) in [6.07, 6.45) is 8.35. The number of hydrogen-bond donors (Lipinski definition) is 1. The molecule has 5 heteroatoms. The number of nitrogens with zero attached hydrogens (tertiary/aromatic N) is 2. The van der Waals surface area contributed by atoms with Crippen LogP contribution in [-0.2, 0) is 10.3 Å². The molecule has 2 aliphatic carbocycles. The van der Waals surface area contributed by atoms with E-state index in [0.717, 1.165) is 13.0 Å². The van der Waals surface area contributed by atoms with Gasteiger partial charge in [0.1, 0.15) is 0 Å². The fourth-order valence-electron chi connectivity index (χ4n) is 3.69. The second kappa shape index (κ2) is 5.37. The highest BCUT2D eigenvalue weighted by Gasteiger charge is 2.59. The molecular formula is C17H27N3O2. The first-order valence-electron chi connectivity index (χ1n) is 8.34. The molecule has 122 valence electrons. The summed E-state index contributed by atoms with van der Waals surface area (Å²) in [6, 6.07) is 0.253. The molecule has 3 rings (SSSR count). The number of ether oxygens (including phenoxy) is 1. The van der Waals surface area contributed by atoms with Gasteiger partial charge >= 0.3 is 0 Å². The van der Waals surface area contributed by atoms with E-state index in [-0.39, 0.29) is 22.9 Å². The Hall–Kier alpha value is -1.36. The Bertz CT molecular complexity index is 554. The number of carbonyl (C=O) groups is 1. The van der Waals surface area contributed by atoms with Crippen LogP contribution in [0.2, 0.25) is 0 Å². The minimum absolute atomic E-state index is 0.0123. The van der Waals surface area contributed by atoms with E-state index in [1.807, 2.05) is 17.8 Å². The SMILES string of the molecule is CCO[C@H]1C[C@@H](NC(=O)c2cnn(C(C)(C)C)c2)C12CCC2. The van der Waals surface area contributed by atoms with Crippen molar-refractivity contribution in [3.8, 4) is 0 Å². The van der Waals surface area contributed by atoms with Crippen LogP contribution < -0.4 is 5.32 Å². The van der Waals surface area contributed by atoms with E-state index in [9.17, 15) is 4.79 Å². The molecule has 1 aromatic rings. The maximum absolute atomic E-state index is 12.5. The number of rotatable bonds is 4. The van der Waals surface area contributed by atoms with Gasteiger partial charge in [0, 0.05) is 24.3 Å². The van der Waals surface area contributed by atoms with Crippen LogP contribution in [0.5, 0.6) is 0 Å². The van der Waals surface area contributed by atoms with E-state index in [0.29, 0.717) is 11.7 Å². The predicted octanol–water partition coefficient (Wildman–Crippen LogP) is 2.72. The third-order valence-electron chi connectivity index (χ3n) is 5.27. The average molecular weight is 305 g/mol. The molecule has 0 radical (unpaired) electrons. The lowest BCUT2D eigenvalue weighted by molar-refractivity contribution is -0.169. The van der Waals surface area contributed by atoms with Crippen molar-refractivity contribution in [2.45, 2.75) is 71.1 Å². The van der Waals surface area contributed by atoms with Gasteiger partial charge in [-0.15, -0.1) is 0 Å². The van der Waals surface area contributed by atoms with Crippen molar-refractivity contribution in [3.63, 3.8) is 0 Å². The summed E-state index contributed by atoms with van der Waals surface area (Å²) in [4.78, 5) is 12.5. The summed E-state index contributed by atoms with van der Waals surface area (Å²) >= 11 is 0. The van der Waals surface area contributed by atoms with Gasteiger partial charge in [0.05, 0.1) is 23.4 Å². The standard InChI is InChI=1S/C17H27N3O2/c1-5-22-14-9-13(17(14)7-6-8-17)19-15(21)12-10-18-20(11-12)16(2,3)4/h10-11,13-14H,5-9H2,1-4H3,(H,19,21)/t13-,14+/m1/s1. The van der Waals surface area contributed by atoms with Crippen LogP contribution in [0.25, 0.3) is 0 Å². The van der Waals surface area contributed by atoms with Crippen LogP contribution in [0.4, 0.5) is 0 Å². The smallest absolute Gasteiger partial charge is 0.254 e. The number of hydrogen-bond acceptors (Lipinski definition) is 3. The molecule has 0 unspecified atom stereocenters. The largest absolute Gasteiger partial charge is 0.378 e. The first kappa shape index (κ1) is 15.5. The minimum Gasteiger partial charge on any atom is -0.378 e. The van der Waals surface area contributed by atoms with Crippen molar-refractivity contribution >= 4 is 5.91 Å². The lowest BCUT2D eigenvalue weighted by atomic mass is 9.51. The van der Waals surface area contributed by atoms with Gasteiger partial charge in [-0.25, -0.2) is 0 Å². The van der Waals surface area contributed by atoms with Crippen molar-refractivity contribution in [1.29, 1.82) is 0 Å². The van der Waals surface area contributed by atoms with E-state index in [1.165, 1.54) is 19.3 Å². The predicted molar refractivity (Wildman–Crippen MR) is 84.8 cm³/mol. The molecule has 5 nitrogen and oxygen atoms in total. The molecule has 1 aromatic heterocycles. The molecule has 2 fully saturated rings. The summed E-state index contributed by atoms with van der Waals surface area (Å²) in [7, 11) is 0. The zero-order valence-electron chi connectivity index (χ0n) is 14.1. The fraction of sp³-hybridized carbons (Fsp3) is 0.765. The van der Waals surface area contributed by atoms with Gasteiger partial charge < -0.3 is 10.1 Å². The molecule has 1 spiro atoms.